The van der Waals surface area contributed by atoms with Crippen LogP contribution in [-0.4, -0.2) is 47.4 Å². The summed E-state index contributed by atoms with van der Waals surface area (Å²) in [6.45, 7) is 4.89. The van der Waals surface area contributed by atoms with Gasteiger partial charge in [0, 0.05) is 12.8 Å². The van der Waals surface area contributed by atoms with Gasteiger partial charge in [0.2, 0.25) is 5.91 Å². The van der Waals surface area contributed by atoms with Gasteiger partial charge >= 0.3 is 5.97 Å². The fourth-order valence-corrected chi connectivity index (χ4v) is 11.1. The second-order valence-corrected chi connectivity index (χ2v) is 24.6. The van der Waals surface area contributed by atoms with Crippen LogP contribution in [0.3, 0.4) is 0 Å². The van der Waals surface area contributed by atoms with Gasteiger partial charge in [-0.1, -0.05) is 339 Å². The third-order valence-corrected chi connectivity index (χ3v) is 16.6. The lowest BCUT2D eigenvalue weighted by atomic mass is 10.0. The van der Waals surface area contributed by atoms with Gasteiger partial charge in [0.25, 0.3) is 0 Å². The molecule has 0 fully saturated rings. The average Bonchev–Trinajstić information content (AvgIpc) is 3.46. The van der Waals surface area contributed by atoms with Crippen molar-refractivity contribution in [1.29, 1.82) is 0 Å². The van der Waals surface area contributed by atoms with E-state index in [1.807, 2.05) is 6.08 Å². The minimum absolute atomic E-state index is 0.000238. The molecule has 0 aliphatic heterocycles. The molecule has 6 heteroatoms. The molecule has 0 rings (SSSR count). The molecule has 0 saturated heterocycles. The Morgan fingerprint density at radius 1 is 0.350 bits per heavy atom. The van der Waals surface area contributed by atoms with E-state index in [0.29, 0.717) is 19.4 Å². The van der Waals surface area contributed by atoms with E-state index < -0.39 is 12.1 Å². The lowest BCUT2D eigenvalue weighted by molar-refractivity contribution is -0.143. The molecule has 0 bridgehead atoms. The average molecular weight is 1120 g/mol. The molecule has 0 aliphatic carbocycles. The zero-order chi connectivity index (χ0) is 57.8. The Hall–Kier alpha value is -2.18. The first-order chi connectivity index (χ1) is 39.5. The van der Waals surface area contributed by atoms with Crippen molar-refractivity contribution in [2.24, 2.45) is 0 Å². The van der Waals surface area contributed by atoms with Crippen molar-refractivity contribution in [3.63, 3.8) is 0 Å². The lowest BCUT2D eigenvalue weighted by Gasteiger charge is -2.20. The second kappa shape index (κ2) is 69.3. The van der Waals surface area contributed by atoms with Gasteiger partial charge in [0.1, 0.15) is 0 Å². The molecule has 2 unspecified atom stereocenters. The van der Waals surface area contributed by atoms with Crippen LogP contribution in [-0.2, 0) is 14.3 Å². The summed E-state index contributed by atoms with van der Waals surface area (Å²) in [5.74, 6) is -0.0652. The van der Waals surface area contributed by atoms with Gasteiger partial charge in [0.15, 0.2) is 0 Å². The molecule has 0 spiro atoms. The van der Waals surface area contributed by atoms with Crippen molar-refractivity contribution in [3.05, 3.63) is 48.6 Å². The first kappa shape index (κ1) is 77.8. The van der Waals surface area contributed by atoms with Crippen molar-refractivity contribution in [1.82, 2.24) is 5.32 Å². The highest BCUT2D eigenvalue weighted by atomic mass is 16.5. The maximum atomic E-state index is 12.5. The molecule has 0 aromatic heterocycles. The minimum atomic E-state index is -0.847. The van der Waals surface area contributed by atoms with Crippen LogP contribution in [0.1, 0.15) is 386 Å². The molecule has 0 saturated carbocycles. The van der Waals surface area contributed by atoms with Crippen molar-refractivity contribution < 1.29 is 24.5 Å². The van der Waals surface area contributed by atoms with E-state index in [1.165, 1.54) is 308 Å². The van der Waals surface area contributed by atoms with E-state index >= 15 is 0 Å². The SMILES string of the molecule is CCCC/C=C\C/C=C\CCCCCCCC(=O)OCCCCCCCCCCCCCC/C=C\CCCCCCCCCCCCCC(=O)NC(CO)C(O)/C=C/CCCCCCCCCCCCCCCCCCCCCC. The van der Waals surface area contributed by atoms with E-state index in [1.54, 1.807) is 6.08 Å². The molecule has 2 atom stereocenters. The number of carbonyl (C=O) groups excluding carboxylic acids is 2. The number of hydrogen-bond acceptors (Lipinski definition) is 5. The highest BCUT2D eigenvalue weighted by Crippen LogP contribution is 2.18. The highest BCUT2D eigenvalue weighted by molar-refractivity contribution is 5.76. The smallest absolute Gasteiger partial charge is 0.305 e. The standard InChI is InChI=1S/C74H139NO5/c1-3-5-7-9-11-13-15-17-19-20-21-22-30-33-36-39-42-46-50-54-58-62-66-72(77)71(70-76)75-73(78)67-63-59-55-51-47-43-40-37-34-31-28-26-24-23-25-27-29-32-35-38-41-45-49-53-57-61-65-69-80-74(79)68-64-60-56-52-48-44-18-16-14-12-10-8-6-4-2/h10,12,16,18,23-24,62,66,71-72,76-77H,3-9,11,13-15,17,19-22,25-61,63-65,67-70H2,1-2H3,(H,75,78)/b12-10-,18-16-,24-23-,66-62+. The van der Waals surface area contributed by atoms with Crippen molar-refractivity contribution in [2.45, 2.75) is 398 Å². The van der Waals surface area contributed by atoms with Gasteiger partial charge in [-0.15, -0.1) is 0 Å². The zero-order valence-electron chi connectivity index (χ0n) is 53.8. The first-order valence-corrected chi connectivity index (χ1v) is 35.9. The molecule has 1 amide bonds. The van der Waals surface area contributed by atoms with Gasteiger partial charge in [-0.2, -0.15) is 0 Å². The van der Waals surface area contributed by atoms with Crippen LogP contribution in [0.15, 0.2) is 48.6 Å². The van der Waals surface area contributed by atoms with Crippen molar-refractivity contribution in [3.8, 4) is 0 Å². The highest BCUT2D eigenvalue weighted by Gasteiger charge is 2.18. The zero-order valence-corrected chi connectivity index (χ0v) is 53.8. The summed E-state index contributed by atoms with van der Waals surface area (Å²) < 4.78 is 5.48. The van der Waals surface area contributed by atoms with Gasteiger partial charge in [-0.05, 0) is 83.5 Å². The number of esters is 1. The van der Waals surface area contributed by atoms with Gasteiger partial charge in [0.05, 0.1) is 25.4 Å². The molecule has 0 radical (unpaired) electrons. The number of carbonyl (C=O) groups is 2. The van der Waals surface area contributed by atoms with E-state index in [-0.39, 0.29) is 18.5 Å². The number of aliphatic hydroxyl groups excluding tert-OH is 2. The number of amides is 1. The summed E-state index contributed by atoms with van der Waals surface area (Å²) in [5.41, 5.74) is 0. The van der Waals surface area contributed by atoms with Crippen LogP contribution < -0.4 is 5.32 Å². The van der Waals surface area contributed by atoms with Gasteiger partial charge in [-0.25, -0.2) is 0 Å². The Balaban J connectivity index is 3.42. The summed E-state index contributed by atoms with van der Waals surface area (Å²) in [6, 6.07) is -0.630. The third-order valence-electron chi connectivity index (χ3n) is 16.6. The predicted octanol–water partition coefficient (Wildman–Crippen LogP) is 23.3. The Bertz CT molecular complexity index is 1340. The normalized spacial score (nSPS) is 12.8. The monoisotopic (exact) mass is 1120 g/mol. The summed E-state index contributed by atoms with van der Waals surface area (Å²) in [5, 5.41) is 23.3. The number of hydrogen-bond donors (Lipinski definition) is 3. The van der Waals surface area contributed by atoms with E-state index in [0.717, 1.165) is 51.4 Å². The number of ether oxygens (including phenoxy) is 1. The summed E-state index contributed by atoms with van der Waals surface area (Å²) >= 11 is 0. The fraction of sp³-hybridized carbons (Fsp3) is 0.865. The van der Waals surface area contributed by atoms with Crippen LogP contribution in [0.5, 0.6) is 0 Å². The summed E-state index contributed by atoms with van der Waals surface area (Å²) in [7, 11) is 0. The van der Waals surface area contributed by atoms with Crippen LogP contribution in [0.25, 0.3) is 0 Å². The molecule has 0 aromatic carbocycles. The van der Waals surface area contributed by atoms with E-state index in [4.69, 9.17) is 4.74 Å². The van der Waals surface area contributed by atoms with Crippen LogP contribution in [0.2, 0.25) is 0 Å². The first-order valence-electron chi connectivity index (χ1n) is 35.9. The molecule has 3 N–H and O–H groups in total. The fourth-order valence-electron chi connectivity index (χ4n) is 11.1. The van der Waals surface area contributed by atoms with Crippen molar-refractivity contribution in [2.75, 3.05) is 13.2 Å². The quantitative estimate of drug-likeness (QED) is 0.0320. The topological polar surface area (TPSA) is 95.9 Å². The van der Waals surface area contributed by atoms with Crippen LogP contribution in [0.4, 0.5) is 0 Å². The predicted molar refractivity (Wildman–Crippen MR) is 352 cm³/mol. The molecule has 470 valence electrons. The summed E-state index contributed by atoms with van der Waals surface area (Å²) in [6.07, 6.45) is 90.5. The maximum Gasteiger partial charge on any atom is 0.305 e. The third kappa shape index (κ3) is 65.0. The Morgan fingerprint density at radius 2 is 0.637 bits per heavy atom. The molecular formula is C74H139NO5. The summed E-state index contributed by atoms with van der Waals surface area (Å²) in [4.78, 5) is 24.6. The molecule has 0 heterocycles. The molecule has 0 aromatic rings. The Morgan fingerprint density at radius 3 is 1.00 bits per heavy atom. The van der Waals surface area contributed by atoms with E-state index in [2.05, 4.69) is 55.6 Å². The molecule has 80 heavy (non-hydrogen) atoms. The van der Waals surface area contributed by atoms with Crippen LogP contribution in [0, 0.1) is 0 Å². The lowest BCUT2D eigenvalue weighted by Crippen LogP contribution is -2.45. The Labute approximate surface area is 499 Å². The van der Waals surface area contributed by atoms with Gasteiger partial charge in [-0.3, -0.25) is 9.59 Å². The number of aliphatic hydroxyl groups is 2. The maximum absolute atomic E-state index is 12.5. The number of nitrogens with one attached hydrogen (secondary N) is 1. The van der Waals surface area contributed by atoms with E-state index in [9.17, 15) is 19.8 Å². The number of rotatable bonds is 67. The van der Waals surface area contributed by atoms with Crippen molar-refractivity contribution >= 4 is 11.9 Å². The number of unbranched alkanes of at least 4 members (excludes halogenated alkanes) is 50. The number of allylic oxidation sites excluding steroid dienone is 7. The molecule has 6 nitrogen and oxygen atoms in total. The minimum Gasteiger partial charge on any atom is -0.466 e. The second-order valence-electron chi connectivity index (χ2n) is 24.6. The van der Waals surface area contributed by atoms with Crippen LogP contribution >= 0.6 is 0 Å². The molecular weight excluding hydrogens is 983 g/mol. The van der Waals surface area contributed by atoms with Gasteiger partial charge < -0.3 is 20.3 Å². The molecule has 0 aliphatic rings. The Kier molecular flexibility index (Phi) is 67.4. The largest absolute Gasteiger partial charge is 0.466 e.